The zero-order valence-electron chi connectivity index (χ0n) is 13.7. The van der Waals surface area contributed by atoms with Crippen LogP contribution in [0.15, 0.2) is 54.6 Å². The third kappa shape index (κ3) is 5.52. The molecule has 0 aliphatic carbocycles. The first kappa shape index (κ1) is 17.7. The van der Waals surface area contributed by atoms with E-state index in [0.29, 0.717) is 24.4 Å². The van der Waals surface area contributed by atoms with Crippen molar-refractivity contribution in [3.63, 3.8) is 0 Å². The molecule has 2 rings (SSSR count). The summed E-state index contributed by atoms with van der Waals surface area (Å²) >= 11 is 0. The fourth-order valence-electron chi connectivity index (χ4n) is 2.23. The highest BCUT2D eigenvalue weighted by Crippen LogP contribution is 2.15. The third-order valence-corrected chi connectivity index (χ3v) is 3.43. The lowest BCUT2D eigenvalue weighted by molar-refractivity contribution is -0.120. The van der Waals surface area contributed by atoms with E-state index in [2.05, 4.69) is 10.6 Å². The summed E-state index contributed by atoms with van der Waals surface area (Å²) in [6.07, 6.45) is 0.755. The first-order valence-electron chi connectivity index (χ1n) is 7.99. The molecule has 5 heteroatoms. The van der Waals surface area contributed by atoms with Crippen molar-refractivity contribution in [2.75, 3.05) is 25.1 Å². The van der Waals surface area contributed by atoms with Crippen molar-refractivity contribution in [1.82, 2.24) is 5.32 Å². The Kier molecular flexibility index (Phi) is 6.98. The lowest BCUT2D eigenvalue weighted by atomic mass is 10.1. The Morgan fingerprint density at radius 2 is 1.71 bits per heavy atom. The third-order valence-electron chi connectivity index (χ3n) is 3.43. The number of nitrogens with one attached hydrogen (secondary N) is 2. The van der Waals surface area contributed by atoms with Crippen molar-refractivity contribution in [3.8, 4) is 0 Å². The molecule has 5 nitrogen and oxygen atoms in total. The minimum Gasteiger partial charge on any atom is -0.372 e. The topological polar surface area (TPSA) is 67.4 Å². The second-order valence-electron chi connectivity index (χ2n) is 5.22. The van der Waals surface area contributed by atoms with Crippen molar-refractivity contribution in [3.05, 3.63) is 65.7 Å². The number of amides is 2. The predicted molar refractivity (Wildman–Crippen MR) is 94.0 cm³/mol. The van der Waals surface area contributed by atoms with Crippen LogP contribution in [0.25, 0.3) is 0 Å². The highest BCUT2D eigenvalue weighted by Gasteiger charge is 2.12. The number of carbonyl (C=O) groups excluding carboxylic acids is 2. The molecular formula is C19H22N2O3. The molecule has 2 aromatic rings. The fourth-order valence-corrected chi connectivity index (χ4v) is 2.23. The molecule has 2 N–H and O–H groups in total. The van der Waals surface area contributed by atoms with Crippen LogP contribution in [0, 0.1) is 0 Å². The maximum absolute atomic E-state index is 12.4. The number of benzene rings is 2. The van der Waals surface area contributed by atoms with Crippen molar-refractivity contribution in [2.45, 2.75) is 13.3 Å². The molecule has 0 atom stereocenters. The van der Waals surface area contributed by atoms with Crippen LogP contribution in [0.4, 0.5) is 5.69 Å². The van der Waals surface area contributed by atoms with Crippen LogP contribution in [0.5, 0.6) is 0 Å². The average molecular weight is 326 g/mol. The molecule has 24 heavy (non-hydrogen) atoms. The van der Waals surface area contributed by atoms with Crippen molar-refractivity contribution in [2.24, 2.45) is 0 Å². The van der Waals surface area contributed by atoms with E-state index in [1.807, 2.05) is 37.3 Å². The predicted octanol–water partition coefficient (Wildman–Crippen LogP) is 2.63. The Hall–Kier alpha value is -2.66. The maximum atomic E-state index is 12.4. The van der Waals surface area contributed by atoms with Gasteiger partial charge in [-0.25, -0.2) is 0 Å². The molecule has 0 radical (unpaired) electrons. The van der Waals surface area contributed by atoms with Gasteiger partial charge in [-0.05, 0) is 31.0 Å². The summed E-state index contributed by atoms with van der Waals surface area (Å²) in [4.78, 5) is 24.1. The summed E-state index contributed by atoms with van der Waals surface area (Å²) in [5, 5.41) is 5.59. The molecule has 0 aliphatic heterocycles. The summed E-state index contributed by atoms with van der Waals surface area (Å²) in [5.41, 5.74) is 2.09. The molecule has 0 aliphatic rings. The second-order valence-corrected chi connectivity index (χ2v) is 5.22. The van der Waals surface area contributed by atoms with E-state index in [-0.39, 0.29) is 18.4 Å². The van der Waals surface area contributed by atoms with E-state index in [4.69, 9.17) is 4.74 Å². The van der Waals surface area contributed by atoms with Gasteiger partial charge >= 0.3 is 0 Å². The van der Waals surface area contributed by atoms with Gasteiger partial charge < -0.3 is 15.4 Å². The fraction of sp³-hybridized carbons (Fsp3) is 0.263. The van der Waals surface area contributed by atoms with Gasteiger partial charge in [0, 0.05) is 13.2 Å². The number of hydrogen-bond donors (Lipinski definition) is 2. The van der Waals surface area contributed by atoms with Crippen LogP contribution in [-0.4, -0.2) is 31.6 Å². The van der Waals surface area contributed by atoms with Crippen LogP contribution < -0.4 is 10.6 Å². The minimum absolute atomic E-state index is 0.0273. The van der Waals surface area contributed by atoms with Crippen molar-refractivity contribution in [1.29, 1.82) is 0 Å². The van der Waals surface area contributed by atoms with Gasteiger partial charge in [0.1, 0.15) is 6.61 Å². The number of ether oxygens (including phenoxy) is 1. The molecule has 2 aromatic carbocycles. The quantitative estimate of drug-likeness (QED) is 0.783. The zero-order valence-corrected chi connectivity index (χ0v) is 13.7. The SMILES string of the molecule is CCOCC(=O)Nc1ccccc1C(=O)NCCc1ccccc1. The highest BCUT2D eigenvalue weighted by molar-refractivity contribution is 6.03. The minimum atomic E-state index is -0.276. The van der Waals surface area contributed by atoms with E-state index in [1.54, 1.807) is 24.3 Å². The molecule has 126 valence electrons. The van der Waals surface area contributed by atoms with Gasteiger partial charge in [-0.2, -0.15) is 0 Å². The van der Waals surface area contributed by atoms with E-state index in [9.17, 15) is 9.59 Å². The number of rotatable bonds is 8. The van der Waals surface area contributed by atoms with Gasteiger partial charge in [0.15, 0.2) is 0 Å². The number of hydrogen-bond acceptors (Lipinski definition) is 3. The normalized spacial score (nSPS) is 10.2. The molecule has 0 heterocycles. The molecule has 0 saturated carbocycles. The Labute approximate surface area is 142 Å². The Bertz CT molecular complexity index is 671. The maximum Gasteiger partial charge on any atom is 0.253 e. The van der Waals surface area contributed by atoms with Crippen LogP contribution in [-0.2, 0) is 16.0 Å². The Morgan fingerprint density at radius 3 is 2.46 bits per heavy atom. The Balaban J connectivity index is 1.92. The van der Waals surface area contributed by atoms with E-state index >= 15 is 0 Å². The molecule has 2 amide bonds. The van der Waals surface area contributed by atoms with Gasteiger partial charge in [0.2, 0.25) is 5.91 Å². The molecule has 0 spiro atoms. The number of para-hydroxylation sites is 1. The lowest BCUT2D eigenvalue weighted by Crippen LogP contribution is -2.27. The lowest BCUT2D eigenvalue weighted by Gasteiger charge is -2.11. The van der Waals surface area contributed by atoms with E-state index in [1.165, 1.54) is 0 Å². The molecule has 0 fully saturated rings. The monoisotopic (exact) mass is 326 g/mol. The van der Waals surface area contributed by atoms with Gasteiger partial charge in [0.05, 0.1) is 11.3 Å². The largest absolute Gasteiger partial charge is 0.372 e. The first-order chi connectivity index (χ1) is 11.7. The standard InChI is InChI=1S/C19H22N2O3/c1-2-24-14-18(22)21-17-11-7-6-10-16(17)19(23)20-13-12-15-8-4-3-5-9-15/h3-11H,2,12-14H2,1H3,(H,20,23)(H,21,22). The summed E-state index contributed by atoms with van der Waals surface area (Å²) in [7, 11) is 0. The van der Waals surface area contributed by atoms with Crippen molar-refractivity contribution >= 4 is 17.5 Å². The zero-order chi connectivity index (χ0) is 17.2. The first-order valence-corrected chi connectivity index (χ1v) is 7.99. The van der Waals surface area contributed by atoms with Gasteiger partial charge in [-0.3, -0.25) is 9.59 Å². The van der Waals surface area contributed by atoms with Crippen molar-refractivity contribution < 1.29 is 14.3 Å². The van der Waals surface area contributed by atoms with Gasteiger partial charge in [0.25, 0.3) is 5.91 Å². The van der Waals surface area contributed by atoms with Crippen LogP contribution in [0.3, 0.4) is 0 Å². The smallest absolute Gasteiger partial charge is 0.253 e. The van der Waals surface area contributed by atoms with Crippen LogP contribution >= 0.6 is 0 Å². The van der Waals surface area contributed by atoms with Gasteiger partial charge in [-0.15, -0.1) is 0 Å². The molecular weight excluding hydrogens is 304 g/mol. The number of carbonyl (C=O) groups is 2. The second kappa shape index (κ2) is 9.47. The molecule has 0 aromatic heterocycles. The average Bonchev–Trinajstić information content (AvgIpc) is 2.61. The van der Waals surface area contributed by atoms with Crippen LogP contribution in [0.1, 0.15) is 22.8 Å². The van der Waals surface area contributed by atoms with Gasteiger partial charge in [-0.1, -0.05) is 42.5 Å². The molecule has 0 saturated heterocycles. The summed E-state index contributed by atoms with van der Waals surface area (Å²) < 4.78 is 5.07. The summed E-state index contributed by atoms with van der Waals surface area (Å²) in [6.45, 7) is 2.79. The van der Waals surface area contributed by atoms with E-state index < -0.39 is 0 Å². The molecule has 0 bridgehead atoms. The summed E-state index contributed by atoms with van der Waals surface area (Å²) in [5.74, 6) is -0.486. The van der Waals surface area contributed by atoms with E-state index in [0.717, 1.165) is 12.0 Å². The summed E-state index contributed by atoms with van der Waals surface area (Å²) in [6, 6.07) is 16.9. The highest BCUT2D eigenvalue weighted by atomic mass is 16.5. The Morgan fingerprint density at radius 1 is 1.00 bits per heavy atom. The number of anilines is 1. The molecule has 0 unspecified atom stereocenters. The van der Waals surface area contributed by atoms with Crippen LogP contribution in [0.2, 0.25) is 0 Å².